The van der Waals surface area contributed by atoms with Gasteiger partial charge in [-0.15, -0.1) is 0 Å². The van der Waals surface area contributed by atoms with Gasteiger partial charge in [0.05, 0.1) is 22.3 Å². The summed E-state index contributed by atoms with van der Waals surface area (Å²) in [6.07, 6.45) is 1.72. The molecule has 1 aromatic heterocycles. The molecule has 5 heteroatoms. The first-order valence-electron chi connectivity index (χ1n) is 5.19. The smallest absolute Gasteiger partial charge is 0.130 e. The molecular formula is C13H9BrClN3. The molecule has 0 radical (unpaired) electrons. The maximum absolute atomic E-state index is 8.86. The van der Waals surface area contributed by atoms with Crippen LogP contribution in [0.5, 0.6) is 0 Å². The molecule has 1 N–H and O–H groups in total. The van der Waals surface area contributed by atoms with E-state index in [2.05, 4.69) is 32.3 Å². The summed E-state index contributed by atoms with van der Waals surface area (Å²) in [5, 5.41) is 12.5. The monoisotopic (exact) mass is 321 g/mol. The predicted octanol–water partition coefficient (Wildman–Crippen LogP) is 4.42. The van der Waals surface area contributed by atoms with Crippen molar-refractivity contribution in [1.82, 2.24) is 4.98 Å². The van der Waals surface area contributed by atoms with Gasteiger partial charge in [0.2, 0.25) is 0 Å². The van der Waals surface area contributed by atoms with Crippen molar-refractivity contribution in [3.05, 3.63) is 51.1 Å². The van der Waals surface area contributed by atoms with E-state index < -0.39 is 0 Å². The number of anilines is 2. The summed E-state index contributed by atoms with van der Waals surface area (Å²) in [4.78, 5) is 4.23. The molecule has 3 nitrogen and oxygen atoms in total. The zero-order chi connectivity index (χ0) is 13.1. The van der Waals surface area contributed by atoms with E-state index in [0.29, 0.717) is 22.1 Å². The highest BCUT2D eigenvalue weighted by atomic mass is 79.9. The number of pyridine rings is 1. The van der Waals surface area contributed by atoms with Crippen LogP contribution < -0.4 is 5.32 Å². The summed E-state index contributed by atoms with van der Waals surface area (Å²) >= 11 is 9.46. The average molecular weight is 323 g/mol. The van der Waals surface area contributed by atoms with E-state index in [4.69, 9.17) is 16.9 Å². The van der Waals surface area contributed by atoms with Crippen molar-refractivity contribution in [2.24, 2.45) is 0 Å². The largest absolute Gasteiger partial charge is 0.339 e. The van der Waals surface area contributed by atoms with Gasteiger partial charge in [-0.1, -0.05) is 11.6 Å². The summed E-state index contributed by atoms with van der Waals surface area (Å²) in [6.45, 7) is 1.98. The number of nitrogens with one attached hydrogen (secondary N) is 1. The van der Waals surface area contributed by atoms with E-state index in [1.165, 1.54) is 0 Å². The summed E-state index contributed by atoms with van der Waals surface area (Å²) in [5.41, 5.74) is 2.29. The number of aryl methyl sites for hydroxylation is 1. The van der Waals surface area contributed by atoms with Gasteiger partial charge in [-0.05, 0) is 52.7 Å². The minimum absolute atomic E-state index is 0.552. The molecule has 0 spiro atoms. The van der Waals surface area contributed by atoms with Crippen molar-refractivity contribution < 1.29 is 0 Å². The summed E-state index contributed by atoms with van der Waals surface area (Å²) < 4.78 is 0.949. The number of nitriles is 1. The van der Waals surface area contributed by atoms with Gasteiger partial charge in [0.1, 0.15) is 5.82 Å². The molecule has 0 atom stereocenters. The lowest BCUT2D eigenvalue weighted by Crippen LogP contribution is -1.95. The molecule has 18 heavy (non-hydrogen) atoms. The Kier molecular flexibility index (Phi) is 3.85. The standard InChI is InChI=1S/C13H9BrClN3/c1-8-4-13(17-7-10(8)14)18-12-5-9(6-16)2-3-11(12)15/h2-5,7H,1H3,(H,17,18). The highest BCUT2D eigenvalue weighted by Gasteiger charge is 2.04. The van der Waals surface area contributed by atoms with E-state index in [1.807, 2.05) is 13.0 Å². The van der Waals surface area contributed by atoms with E-state index in [-0.39, 0.29) is 0 Å². The van der Waals surface area contributed by atoms with Crippen molar-refractivity contribution in [3.63, 3.8) is 0 Å². The first kappa shape index (κ1) is 12.9. The highest BCUT2D eigenvalue weighted by molar-refractivity contribution is 9.10. The number of hydrogen-bond acceptors (Lipinski definition) is 3. The summed E-state index contributed by atoms with van der Waals surface area (Å²) in [6, 6.07) is 9.04. The number of aromatic nitrogens is 1. The molecule has 0 aliphatic carbocycles. The zero-order valence-corrected chi connectivity index (χ0v) is 11.9. The second-order valence-electron chi connectivity index (χ2n) is 3.75. The van der Waals surface area contributed by atoms with Crippen LogP contribution in [-0.4, -0.2) is 4.98 Å². The van der Waals surface area contributed by atoms with Crippen molar-refractivity contribution in [1.29, 1.82) is 5.26 Å². The maximum Gasteiger partial charge on any atom is 0.130 e. The molecular weight excluding hydrogens is 314 g/mol. The molecule has 0 fully saturated rings. The van der Waals surface area contributed by atoms with Gasteiger partial charge in [0.25, 0.3) is 0 Å². The number of benzene rings is 1. The second-order valence-corrected chi connectivity index (χ2v) is 5.01. The van der Waals surface area contributed by atoms with Gasteiger partial charge in [0, 0.05) is 10.7 Å². The third kappa shape index (κ3) is 2.81. The average Bonchev–Trinajstić information content (AvgIpc) is 2.36. The fraction of sp³-hybridized carbons (Fsp3) is 0.0769. The number of nitrogens with zero attached hydrogens (tertiary/aromatic N) is 2. The van der Waals surface area contributed by atoms with Crippen LogP contribution in [0.2, 0.25) is 5.02 Å². The third-order valence-corrected chi connectivity index (χ3v) is 3.56. The molecule has 0 aliphatic heterocycles. The Hall–Kier alpha value is -1.57. The molecule has 2 aromatic rings. The topological polar surface area (TPSA) is 48.7 Å². The van der Waals surface area contributed by atoms with E-state index in [1.54, 1.807) is 24.4 Å². The van der Waals surface area contributed by atoms with Crippen molar-refractivity contribution >= 4 is 39.0 Å². The van der Waals surface area contributed by atoms with E-state index in [0.717, 1.165) is 10.0 Å². The van der Waals surface area contributed by atoms with Crippen LogP contribution in [0.25, 0.3) is 0 Å². The number of rotatable bonds is 2. The first-order chi connectivity index (χ1) is 8.60. The Labute approximate surface area is 119 Å². The predicted molar refractivity (Wildman–Crippen MR) is 76.1 cm³/mol. The molecule has 0 unspecified atom stereocenters. The van der Waals surface area contributed by atoms with E-state index >= 15 is 0 Å². The van der Waals surface area contributed by atoms with Crippen LogP contribution in [0.15, 0.2) is 34.9 Å². The second kappa shape index (κ2) is 5.38. The molecule has 0 saturated carbocycles. The third-order valence-electron chi connectivity index (χ3n) is 2.41. The molecule has 0 saturated heterocycles. The lowest BCUT2D eigenvalue weighted by molar-refractivity contribution is 1.25. The molecule has 0 bridgehead atoms. The molecule has 1 heterocycles. The quantitative estimate of drug-likeness (QED) is 0.890. The Bertz CT molecular complexity index is 635. The molecule has 0 amide bonds. The fourth-order valence-corrected chi connectivity index (χ4v) is 1.82. The highest BCUT2D eigenvalue weighted by Crippen LogP contribution is 2.27. The lowest BCUT2D eigenvalue weighted by Gasteiger charge is -2.09. The summed E-state index contributed by atoms with van der Waals surface area (Å²) in [5.74, 6) is 0.688. The Balaban J connectivity index is 2.33. The van der Waals surface area contributed by atoms with Crippen molar-refractivity contribution in [2.45, 2.75) is 6.92 Å². The van der Waals surface area contributed by atoms with Crippen molar-refractivity contribution in [2.75, 3.05) is 5.32 Å². The Morgan fingerprint density at radius 3 is 2.83 bits per heavy atom. The normalized spacial score (nSPS) is 9.89. The zero-order valence-electron chi connectivity index (χ0n) is 9.54. The van der Waals surface area contributed by atoms with Crippen molar-refractivity contribution in [3.8, 4) is 6.07 Å². The molecule has 1 aromatic carbocycles. The number of halogens is 2. The number of hydrogen-bond donors (Lipinski definition) is 1. The molecule has 90 valence electrons. The fourth-order valence-electron chi connectivity index (χ4n) is 1.44. The van der Waals surface area contributed by atoms with Crippen LogP contribution in [0.3, 0.4) is 0 Å². The SMILES string of the molecule is Cc1cc(Nc2cc(C#N)ccc2Cl)ncc1Br. The summed E-state index contributed by atoms with van der Waals surface area (Å²) in [7, 11) is 0. The molecule has 0 aliphatic rings. The Morgan fingerprint density at radius 2 is 2.17 bits per heavy atom. The molecule has 2 rings (SSSR count). The van der Waals surface area contributed by atoms with Crippen LogP contribution >= 0.6 is 27.5 Å². The van der Waals surface area contributed by atoms with Gasteiger partial charge in [-0.25, -0.2) is 4.98 Å². The first-order valence-corrected chi connectivity index (χ1v) is 6.36. The Morgan fingerprint density at radius 1 is 1.39 bits per heavy atom. The van der Waals surface area contributed by atoms with Gasteiger partial charge in [-0.2, -0.15) is 5.26 Å². The van der Waals surface area contributed by atoms with Crippen LogP contribution in [0, 0.1) is 18.3 Å². The van der Waals surface area contributed by atoms with Gasteiger partial charge >= 0.3 is 0 Å². The maximum atomic E-state index is 8.86. The minimum atomic E-state index is 0.552. The van der Waals surface area contributed by atoms with Gasteiger partial charge in [0.15, 0.2) is 0 Å². The van der Waals surface area contributed by atoms with Crippen LogP contribution in [0.1, 0.15) is 11.1 Å². The van der Waals surface area contributed by atoms with Crippen LogP contribution in [-0.2, 0) is 0 Å². The van der Waals surface area contributed by atoms with Crippen LogP contribution in [0.4, 0.5) is 11.5 Å². The van der Waals surface area contributed by atoms with E-state index in [9.17, 15) is 0 Å². The van der Waals surface area contributed by atoms with Gasteiger partial charge in [-0.3, -0.25) is 0 Å². The van der Waals surface area contributed by atoms with Gasteiger partial charge < -0.3 is 5.32 Å². The minimum Gasteiger partial charge on any atom is -0.339 e. The lowest BCUT2D eigenvalue weighted by atomic mass is 10.2.